The summed E-state index contributed by atoms with van der Waals surface area (Å²) in [6.07, 6.45) is 23.5. The molecular weight excluding hydrogens is 1220 g/mol. The third kappa shape index (κ3) is 17.4. The number of carbonyl (C=O) groups is 3. The Labute approximate surface area is 534 Å². The molecular formula is C70H103BrN3NaO7Sn. The quantitative estimate of drug-likeness (QED) is 0.0669. The second-order valence-electron chi connectivity index (χ2n) is 23.2. The van der Waals surface area contributed by atoms with Crippen LogP contribution < -0.4 is 33.3 Å². The maximum absolute atomic E-state index is 12.3. The molecule has 0 saturated heterocycles. The molecule has 9 rings (SSSR count). The van der Waals surface area contributed by atoms with Crippen LogP contribution in [0.1, 0.15) is 249 Å². The number of ether oxygens (including phenoxy) is 2. The Morgan fingerprint density at radius 1 is 0.554 bits per heavy atom. The number of methoxy groups -OCH3 is 2. The van der Waals surface area contributed by atoms with Crippen molar-refractivity contribution in [2.45, 2.75) is 203 Å². The largest absolute Gasteiger partial charge is 1.00 e. The van der Waals surface area contributed by atoms with Crippen molar-refractivity contribution in [1.82, 2.24) is 13.7 Å². The number of unbranched alkanes of at least 4 members (excludes halogenated alkanes) is 3. The van der Waals surface area contributed by atoms with Gasteiger partial charge in [0.2, 0.25) is 0 Å². The number of halogens is 1. The number of esters is 2. The molecule has 6 aromatic rings. The van der Waals surface area contributed by atoms with Crippen molar-refractivity contribution in [2.75, 3.05) is 14.2 Å². The van der Waals surface area contributed by atoms with Gasteiger partial charge in [-0.25, -0.2) is 9.59 Å². The Morgan fingerprint density at radius 2 is 0.843 bits per heavy atom. The number of hydrogen-bond acceptors (Lipinski definition) is 6. The molecule has 3 heterocycles. The number of aromatic nitrogens is 3. The van der Waals surface area contributed by atoms with Crippen molar-refractivity contribution in [3.05, 3.63) is 124 Å². The van der Waals surface area contributed by atoms with E-state index in [1.54, 1.807) is 21.4 Å². The minimum Gasteiger partial charge on any atom is -0.870 e. The van der Waals surface area contributed by atoms with Gasteiger partial charge in [-0.05, 0) is 109 Å². The van der Waals surface area contributed by atoms with Gasteiger partial charge in [-0.15, -0.1) is 0 Å². The third-order valence-electron chi connectivity index (χ3n) is 17.4. The molecule has 0 bridgehead atoms. The normalized spacial score (nSPS) is 14.2. The summed E-state index contributed by atoms with van der Waals surface area (Å²) < 4.78 is 24.0. The predicted molar refractivity (Wildman–Crippen MR) is 355 cm³/mol. The van der Waals surface area contributed by atoms with Gasteiger partial charge < -0.3 is 24.5 Å². The first-order chi connectivity index (χ1) is 37.8. The molecule has 0 amide bonds. The Hall–Kier alpha value is -3.85. The maximum Gasteiger partial charge on any atom is 1.00 e. The average Bonchev–Trinajstić information content (AvgIpc) is 4.27. The predicted octanol–water partition coefficient (Wildman–Crippen LogP) is 16.9. The summed E-state index contributed by atoms with van der Waals surface area (Å²) in [4.78, 5) is 35.3. The topological polar surface area (TPSA) is 135 Å². The van der Waals surface area contributed by atoms with Crippen molar-refractivity contribution >= 4 is 99.8 Å². The average molecular weight is 1320 g/mol. The molecule has 83 heavy (non-hydrogen) atoms. The first-order valence-corrected chi connectivity index (χ1v) is 38.0. The first-order valence-electron chi connectivity index (χ1n) is 29.7. The van der Waals surface area contributed by atoms with Gasteiger partial charge in [-0.2, -0.15) is 0 Å². The zero-order valence-electron chi connectivity index (χ0n) is 51.6. The number of allylic oxidation sites excluding steroid dienone is 3. The second kappa shape index (κ2) is 35.1. The van der Waals surface area contributed by atoms with Crippen LogP contribution in [0, 0.1) is 0 Å². The Balaban J connectivity index is 0.000000411. The van der Waals surface area contributed by atoms with E-state index in [9.17, 15) is 19.5 Å². The van der Waals surface area contributed by atoms with Crippen LogP contribution in [0.2, 0.25) is 13.3 Å². The number of aryl methyl sites for hydroxylation is 3. The van der Waals surface area contributed by atoms with Gasteiger partial charge >= 0.3 is 242 Å². The molecule has 3 aromatic heterocycles. The molecule has 0 unspecified atom stereocenters. The van der Waals surface area contributed by atoms with Crippen molar-refractivity contribution < 1.29 is 64.0 Å². The van der Waals surface area contributed by atoms with Gasteiger partial charge in [-0.3, -0.25) is 0 Å². The maximum atomic E-state index is 12.3. The summed E-state index contributed by atoms with van der Waals surface area (Å²) in [5.41, 5.74) is 14.0. The second-order valence-corrected chi connectivity index (χ2v) is 37.5. The summed E-state index contributed by atoms with van der Waals surface area (Å²) in [6, 6.07) is 17.7. The number of carbonyl (C=O) groups excluding carboxylic acids is 2. The van der Waals surface area contributed by atoms with Gasteiger partial charge in [-0.1, -0.05) is 88.3 Å². The summed E-state index contributed by atoms with van der Waals surface area (Å²) in [5.74, 6) is 0.503. The van der Waals surface area contributed by atoms with E-state index in [0.717, 1.165) is 26.7 Å². The van der Waals surface area contributed by atoms with Crippen LogP contribution in [0.15, 0.2) is 78.8 Å². The van der Waals surface area contributed by atoms with Gasteiger partial charge in [0, 0.05) is 47.3 Å². The number of nitrogens with zero attached hydrogens (tertiary/aromatic N) is 3. The van der Waals surface area contributed by atoms with E-state index in [1.165, 1.54) is 187 Å². The SMILES string of the molecule is C.C.C=C(C)Br.C=C(C)c1c(C2CCCC2)c2ccc(C(=O)O)cc2n1C.C=C(C)c1c(C2CCCC2)c2ccc(C(=O)OC)cc2n1C.CCC[CH2][Sn]([CH2]CCC)([CH2]CCC)[c]1c(C2CCCC2)c2ccc(C(=O)OC)cc2n1C.[Na+].[OH-]. The zero-order valence-corrected chi connectivity index (χ0v) is 58.0. The van der Waals surface area contributed by atoms with Crippen LogP contribution in [0.5, 0.6) is 0 Å². The van der Waals surface area contributed by atoms with E-state index in [2.05, 4.69) is 109 Å². The van der Waals surface area contributed by atoms with Crippen LogP contribution >= 0.6 is 15.9 Å². The molecule has 0 atom stereocenters. The molecule has 0 radical (unpaired) electrons. The van der Waals surface area contributed by atoms with E-state index in [4.69, 9.17) is 9.47 Å². The molecule has 3 aliphatic carbocycles. The number of carboxylic acid groups (broad SMARTS) is 1. The number of fused-ring (bicyclic) bond motifs is 3. The minimum absolute atomic E-state index is 0. The van der Waals surface area contributed by atoms with Crippen LogP contribution in [0.4, 0.5) is 0 Å². The van der Waals surface area contributed by atoms with Crippen LogP contribution in [0.25, 0.3) is 43.9 Å². The van der Waals surface area contributed by atoms with Crippen molar-refractivity contribution in [1.29, 1.82) is 0 Å². The van der Waals surface area contributed by atoms with E-state index >= 15 is 0 Å². The molecule has 0 spiro atoms. The number of rotatable bonds is 18. The third-order valence-corrected chi connectivity index (χ3v) is 33.3. The number of benzene rings is 3. The molecule has 3 aromatic carbocycles. The minimum atomic E-state index is -2.66. The Morgan fingerprint density at radius 3 is 1.14 bits per heavy atom. The first kappa shape index (κ1) is 75.2. The summed E-state index contributed by atoms with van der Waals surface area (Å²) in [7, 11) is 9.28. The summed E-state index contributed by atoms with van der Waals surface area (Å²) >= 11 is 0.415. The molecule has 452 valence electrons. The van der Waals surface area contributed by atoms with Crippen LogP contribution in [0.3, 0.4) is 0 Å². The van der Waals surface area contributed by atoms with Crippen molar-refractivity contribution in [2.24, 2.45) is 21.1 Å². The fourth-order valence-electron chi connectivity index (χ4n) is 13.9. The summed E-state index contributed by atoms with van der Waals surface area (Å²) in [6.45, 7) is 24.8. The summed E-state index contributed by atoms with van der Waals surface area (Å²) in [5, 5.41) is 13.1. The van der Waals surface area contributed by atoms with E-state index in [-0.39, 0.29) is 61.8 Å². The van der Waals surface area contributed by atoms with Gasteiger partial charge in [0.05, 0.1) is 18.2 Å². The molecule has 10 nitrogen and oxygen atoms in total. The van der Waals surface area contributed by atoms with E-state index in [0.29, 0.717) is 34.4 Å². The van der Waals surface area contributed by atoms with Gasteiger partial charge in [0.25, 0.3) is 0 Å². The van der Waals surface area contributed by atoms with E-state index < -0.39 is 24.3 Å². The molecule has 13 heteroatoms. The van der Waals surface area contributed by atoms with Crippen LogP contribution in [-0.4, -0.2) is 74.8 Å². The molecule has 3 aliphatic rings. The fourth-order valence-corrected chi connectivity index (χ4v) is 31.8. The van der Waals surface area contributed by atoms with Crippen LogP contribution in [-0.2, 0) is 30.6 Å². The van der Waals surface area contributed by atoms with Crippen molar-refractivity contribution in [3.63, 3.8) is 0 Å². The Kier molecular flexibility index (Phi) is 31.8. The molecule has 3 fully saturated rings. The zero-order chi connectivity index (χ0) is 57.7. The molecule has 3 saturated carbocycles. The fraction of sp³-hybridized carbons (Fsp3) is 0.529. The number of aromatic carboxylic acids is 1. The molecule has 0 aliphatic heterocycles. The standard InChI is InChI=1S/C19H23NO2.C18H21NO2.C16H18NO2.3C4H9.C3H5Br.2CH4.Na.H2O.Sn/c1-12(2)18-17(13-7-5-6-8-13)15-10-9-14(19(21)22-4)11-16(15)20(18)3;1-11(2)17-16(12-6-4-5-7-12)14-9-8-13(18(20)21)10-15(14)19(17)3;1-17-10-14(11-5-3-4-6-11)13-8-7-12(9-15(13)17)16(18)19-2;3*1-3-4-2;1-3(2)4;;;;;/h9-11,13H,1,5-8H2,2-4H3;8-10,12H,1,4-7H2,2-3H3,(H,20,21);7-9,11H,3-6H2,1-2H3;3*1,3-4H2,2H3;1H2,2H3;2*1H4;;1H2;/q;;;;;;;;;+1;;/p-1. The monoisotopic (exact) mass is 1320 g/mol. The van der Waals surface area contributed by atoms with Crippen molar-refractivity contribution in [3.8, 4) is 0 Å². The van der Waals surface area contributed by atoms with E-state index in [1.807, 2.05) is 45.2 Å². The van der Waals surface area contributed by atoms with Gasteiger partial charge in [0.1, 0.15) is 0 Å². The smallest absolute Gasteiger partial charge is 0.870 e. The molecule has 2 N–H and O–H groups in total. The van der Waals surface area contributed by atoms with Gasteiger partial charge in [0.15, 0.2) is 0 Å². The number of hydrogen-bond donors (Lipinski definition) is 1. The number of carboxylic acids is 1. The Bertz CT molecular complexity index is 3120.